The van der Waals surface area contributed by atoms with Crippen LogP contribution in [-0.4, -0.2) is 64.3 Å². The monoisotopic (exact) mass is 362 g/mol. The van der Waals surface area contributed by atoms with Crippen molar-refractivity contribution in [3.8, 4) is 5.88 Å². The molecule has 2 N–H and O–H groups in total. The van der Waals surface area contributed by atoms with Gasteiger partial charge in [-0.3, -0.25) is 14.7 Å². The highest BCUT2D eigenvalue weighted by atomic mass is 16.5. The van der Waals surface area contributed by atoms with Gasteiger partial charge in [0.05, 0.1) is 18.9 Å². The Morgan fingerprint density at radius 1 is 1.46 bits per heavy atom. The first-order valence-electron chi connectivity index (χ1n) is 8.39. The third-order valence-corrected chi connectivity index (χ3v) is 4.53. The molecule has 26 heavy (non-hydrogen) atoms. The van der Waals surface area contributed by atoms with Crippen LogP contribution in [0.5, 0.6) is 5.88 Å². The molecule has 2 aromatic rings. The quantitative estimate of drug-likeness (QED) is 0.742. The molecule has 10 nitrogen and oxygen atoms in total. The van der Waals surface area contributed by atoms with E-state index in [1.807, 2.05) is 0 Å². The van der Waals surface area contributed by atoms with Gasteiger partial charge in [0.1, 0.15) is 11.6 Å². The zero-order valence-electron chi connectivity index (χ0n) is 15.0. The molecule has 3 rings (SSSR count). The van der Waals surface area contributed by atoms with Gasteiger partial charge in [-0.05, 0) is 12.1 Å². The molecule has 0 aliphatic carbocycles. The van der Waals surface area contributed by atoms with Gasteiger partial charge < -0.3 is 19.5 Å². The van der Waals surface area contributed by atoms with Crippen molar-refractivity contribution in [2.75, 3.05) is 27.2 Å². The average Bonchev–Trinajstić information content (AvgIpc) is 3.37. The first-order chi connectivity index (χ1) is 12.5. The van der Waals surface area contributed by atoms with E-state index in [1.165, 1.54) is 7.11 Å². The van der Waals surface area contributed by atoms with Crippen LogP contribution in [-0.2, 0) is 16.0 Å². The minimum Gasteiger partial charge on any atom is -0.479 e. The normalized spacial score (nSPS) is 19.6. The molecule has 140 valence electrons. The molecular formula is C16H22N6O4. The summed E-state index contributed by atoms with van der Waals surface area (Å²) >= 11 is 0. The molecule has 0 aromatic carbocycles. The van der Waals surface area contributed by atoms with Crippen LogP contribution in [0.1, 0.15) is 29.7 Å². The maximum Gasteiger partial charge on any atom is 0.254 e. The van der Waals surface area contributed by atoms with Crippen molar-refractivity contribution >= 4 is 11.8 Å². The number of carbonyl (C=O) groups excluding carboxylic acids is 2. The van der Waals surface area contributed by atoms with E-state index < -0.39 is 0 Å². The van der Waals surface area contributed by atoms with Gasteiger partial charge in [0.15, 0.2) is 5.82 Å². The van der Waals surface area contributed by atoms with Crippen LogP contribution in [0.2, 0.25) is 0 Å². The Bertz CT molecular complexity index is 785. The number of likely N-dealkylation sites (tertiary alicyclic amines) is 1. The maximum atomic E-state index is 12.6. The number of hydrogen-bond donors (Lipinski definition) is 2. The van der Waals surface area contributed by atoms with E-state index in [2.05, 4.69) is 25.7 Å². The summed E-state index contributed by atoms with van der Waals surface area (Å²) in [4.78, 5) is 30.8. The lowest BCUT2D eigenvalue weighted by Crippen LogP contribution is -2.33. The second-order valence-electron chi connectivity index (χ2n) is 6.24. The molecule has 2 atom stereocenters. The van der Waals surface area contributed by atoms with Crippen molar-refractivity contribution in [1.29, 1.82) is 0 Å². The molecule has 2 unspecified atom stereocenters. The van der Waals surface area contributed by atoms with E-state index in [-0.39, 0.29) is 30.1 Å². The molecule has 1 fully saturated rings. The van der Waals surface area contributed by atoms with Crippen LogP contribution >= 0.6 is 0 Å². The van der Waals surface area contributed by atoms with E-state index in [1.54, 1.807) is 24.9 Å². The summed E-state index contributed by atoms with van der Waals surface area (Å²) in [6.45, 7) is 2.55. The number of amides is 2. The van der Waals surface area contributed by atoms with Crippen molar-refractivity contribution < 1.29 is 18.8 Å². The number of methoxy groups -OCH3 is 1. The summed E-state index contributed by atoms with van der Waals surface area (Å²) in [6.07, 6.45) is 0.680. The van der Waals surface area contributed by atoms with Crippen molar-refractivity contribution in [3.05, 3.63) is 23.5 Å². The Balaban J connectivity index is 1.65. The highest BCUT2D eigenvalue weighted by molar-refractivity contribution is 5.83. The summed E-state index contributed by atoms with van der Waals surface area (Å²) < 4.78 is 10.1. The van der Waals surface area contributed by atoms with E-state index >= 15 is 0 Å². The van der Waals surface area contributed by atoms with Crippen LogP contribution < -0.4 is 10.1 Å². The number of nitrogens with zero attached hydrogens (tertiary/aromatic N) is 4. The lowest BCUT2D eigenvalue weighted by molar-refractivity contribution is -0.130. The van der Waals surface area contributed by atoms with Crippen LogP contribution in [0, 0.1) is 12.8 Å². The van der Waals surface area contributed by atoms with Gasteiger partial charge in [0.2, 0.25) is 11.8 Å². The lowest BCUT2D eigenvalue weighted by Gasteiger charge is -2.15. The average molecular weight is 362 g/mol. The summed E-state index contributed by atoms with van der Waals surface area (Å²) in [5.74, 6) is 1.44. The van der Waals surface area contributed by atoms with Crippen LogP contribution in [0.25, 0.3) is 0 Å². The SMILES string of the molecule is CNC(=O)C1CN(C(=O)CCc2cc(OC)no2)CC1c1n[nH]c(C)n1. The van der Waals surface area contributed by atoms with Gasteiger partial charge in [-0.1, -0.05) is 0 Å². The van der Waals surface area contributed by atoms with Crippen LogP contribution in [0.3, 0.4) is 0 Å². The topological polar surface area (TPSA) is 126 Å². The molecule has 10 heteroatoms. The van der Waals surface area contributed by atoms with Gasteiger partial charge in [-0.2, -0.15) is 5.10 Å². The Labute approximate surface area is 150 Å². The first kappa shape index (κ1) is 17.9. The maximum absolute atomic E-state index is 12.6. The molecule has 1 saturated heterocycles. The van der Waals surface area contributed by atoms with Gasteiger partial charge >= 0.3 is 0 Å². The number of carbonyl (C=O) groups is 2. The largest absolute Gasteiger partial charge is 0.479 e. The number of rotatable bonds is 6. The predicted octanol–water partition coefficient (Wildman–Crippen LogP) is 0.0305. The Kier molecular flexibility index (Phi) is 5.19. The molecule has 2 amide bonds. The first-order valence-corrected chi connectivity index (χ1v) is 8.39. The fourth-order valence-corrected chi connectivity index (χ4v) is 3.14. The molecule has 0 bridgehead atoms. The number of H-pyrrole nitrogens is 1. The Morgan fingerprint density at radius 3 is 2.88 bits per heavy atom. The number of aromatic amines is 1. The van der Waals surface area contributed by atoms with E-state index in [0.717, 1.165) is 0 Å². The fraction of sp³-hybridized carbons (Fsp3) is 0.562. The highest BCUT2D eigenvalue weighted by Crippen LogP contribution is 2.31. The van der Waals surface area contributed by atoms with Gasteiger partial charge in [-0.25, -0.2) is 4.98 Å². The van der Waals surface area contributed by atoms with Gasteiger partial charge in [0.25, 0.3) is 5.88 Å². The zero-order chi connectivity index (χ0) is 18.7. The summed E-state index contributed by atoms with van der Waals surface area (Å²) in [5, 5.41) is 13.3. The number of aryl methyl sites for hydroxylation is 2. The number of aromatic nitrogens is 4. The van der Waals surface area contributed by atoms with Crippen molar-refractivity contribution in [1.82, 2.24) is 30.6 Å². The van der Waals surface area contributed by atoms with E-state index in [9.17, 15) is 9.59 Å². The number of nitrogens with one attached hydrogen (secondary N) is 2. The van der Waals surface area contributed by atoms with E-state index in [4.69, 9.17) is 9.26 Å². The Morgan fingerprint density at radius 2 is 2.27 bits per heavy atom. The predicted molar refractivity (Wildman–Crippen MR) is 89.4 cm³/mol. The standard InChI is InChI=1S/C16H22N6O4/c1-9-18-15(20-19-9)11-7-22(8-12(11)16(24)17-2)14(23)5-4-10-6-13(25-3)21-26-10/h6,11-12H,4-5,7-8H2,1-3H3,(H,17,24)(H,18,19,20). The number of ether oxygens (including phenoxy) is 1. The highest BCUT2D eigenvalue weighted by Gasteiger charge is 2.41. The second kappa shape index (κ2) is 7.54. The molecule has 1 aliphatic heterocycles. The molecule has 0 saturated carbocycles. The lowest BCUT2D eigenvalue weighted by atomic mass is 9.94. The smallest absolute Gasteiger partial charge is 0.254 e. The van der Waals surface area contributed by atoms with E-state index in [0.29, 0.717) is 42.8 Å². The molecule has 2 aromatic heterocycles. The summed E-state index contributed by atoms with van der Waals surface area (Å²) in [5.41, 5.74) is 0. The fourth-order valence-electron chi connectivity index (χ4n) is 3.14. The van der Waals surface area contributed by atoms with Gasteiger partial charge in [-0.15, -0.1) is 0 Å². The number of hydrogen-bond acceptors (Lipinski definition) is 7. The second-order valence-corrected chi connectivity index (χ2v) is 6.24. The van der Waals surface area contributed by atoms with Crippen molar-refractivity contribution in [3.63, 3.8) is 0 Å². The molecule has 0 radical (unpaired) electrons. The van der Waals surface area contributed by atoms with Crippen molar-refractivity contribution in [2.45, 2.75) is 25.7 Å². The van der Waals surface area contributed by atoms with Crippen LogP contribution in [0.15, 0.2) is 10.6 Å². The molecule has 1 aliphatic rings. The molecule has 0 spiro atoms. The van der Waals surface area contributed by atoms with Gasteiger partial charge in [0, 0.05) is 39.0 Å². The zero-order valence-corrected chi connectivity index (χ0v) is 15.0. The minimum absolute atomic E-state index is 0.0518. The van der Waals surface area contributed by atoms with Crippen molar-refractivity contribution in [2.24, 2.45) is 5.92 Å². The minimum atomic E-state index is -0.371. The summed E-state index contributed by atoms with van der Waals surface area (Å²) in [7, 11) is 3.09. The third-order valence-electron chi connectivity index (χ3n) is 4.53. The Hall–Kier alpha value is -2.91. The summed E-state index contributed by atoms with van der Waals surface area (Å²) in [6, 6.07) is 1.66. The van der Waals surface area contributed by atoms with Crippen LogP contribution in [0.4, 0.5) is 0 Å². The molecule has 3 heterocycles. The third kappa shape index (κ3) is 3.68. The molecular weight excluding hydrogens is 340 g/mol.